The molecule has 0 saturated carbocycles. The predicted molar refractivity (Wildman–Crippen MR) is 177 cm³/mol. The van der Waals surface area contributed by atoms with Crippen LogP contribution in [0.25, 0.3) is 0 Å². The molecule has 2 fully saturated rings. The molecule has 47 heavy (non-hydrogen) atoms. The van der Waals surface area contributed by atoms with E-state index in [0.717, 1.165) is 16.7 Å². The Kier molecular flexibility index (Phi) is 7.97. The normalized spacial score (nSPS) is 27.0. The van der Waals surface area contributed by atoms with Crippen LogP contribution in [-0.4, -0.2) is 68.2 Å². The molecule has 5 atom stereocenters. The zero-order valence-corrected chi connectivity index (χ0v) is 27.9. The second-order valence-electron chi connectivity index (χ2n) is 13.7. The number of ether oxygens (including phenoxy) is 2. The molecule has 246 valence electrons. The zero-order valence-electron chi connectivity index (χ0n) is 26.9. The van der Waals surface area contributed by atoms with Crippen molar-refractivity contribution in [1.29, 1.82) is 0 Å². The summed E-state index contributed by atoms with van der Waals surface area (Å²) in [7, 11) is -3.54. The van der Waals surface area contributed by atoms with Crippen molar-refractivity contribution < 1.29 is 33.1 Å². The topological polar surface area (TPSA) is 99.6 Å². The Labute approximate surface area is 275 Å². The highest BCUT2D eigenvalue weighted by Gasteiger charge is 2.67. The lowest BCUT2D eigenvalue weighted by Gasteiger charge is -2.37. The van der Waals surface area contributed by atoms with Crippen LogP contribution in [0.5, 0.6) is 0 Å². The Morgan fingerprint density at radius 1 is 1.04 bits per heavy atom. The maximum absolute atomic E-state index is 16.5. The molecule has 4 aliphatic rings. The number of hydrogen-bond donors (Lipinski definition) is 1. The van der Waals surface area contributed by atoms with E-state index in [2.05, 4.69) is 0 Å². The first-order valence-electron chi connectivity index (χ1n) is 16.3. The van der Waals surface area contributed by atoms with E-state index in [9.17, 15) is 19.5 Å². The van der Waals surface area contributed by atoms with Crippen molar-refractivity contribution >= 4 is 37.7 Å². The van der Waals surface area contributed by atoms with Gasteiger partial charge in [-0.25, -0.2) is 4.79 Å². The minimum absolute atomic E-state index is 0.116. The maximum atomic E-state index is 16.5. The number of amides is 3. The molecule has 11 heteroatoms. The third-order valence-corrected chi connectivity index (χ3v) is 12.9. The van der Waals surface area contributed by atoms with Crippen LogP contribution in [0, 0.1) is 5.92 Å². The molecular weight excluding hydrogens is 617 g/mol. The highest BCUT2D eigenvalue weighted by molar-refractivity contribution is 6.72. The predicted octanol–water partition coefficient (Wildman–Crippen LogP) is 5.30. The number of aliphatic hydroxyl groups is 1. The number of benzene rings is 3. The molecule has 1 spiro atoms. The lowest BCUT2D eigenvalue weighted by Crippen LogP contribution is -2.48. The molecule has 0 aromatic heterocycles. The number of hydrogen-bond acceptors (Lipinski definition) is 6. The van der Waals surface area contributed by atoms with Gasteiger partial charge in [0, 0.05) is 29.3 Å². The summed E-state index contributed by atoms with van der Waals surface area (Å²) in [5.41, 5.74) is 2.59. The Hall–Kier alpha value is -4.06. The number of fused-ring (bicyclic) bond motifs is 3. The molecule has 4 heterocycles. The van der Waals surface area contributed by atoms with Crippen molar-refractivity contribution in [1.82, 2.24) is 4.90 Å². The SMILES string of the molecule is C[C@H]1[C@H]([Si](C)(C)F)[C@@H](CC(=O)N2Cc3ccccc3C[C@H]2CO)O[C@]12C(=O)N(Cc1ccccc1)c1ccc(N3CCOC3=O)cc12. The first kappa shape index (κ1) is 31.5. The van der Waals surface area contributed by atoms with Crippen LogP contribution in [0.1, 0.15) is 35.6 Å². The van der Waals surface area contributed by atoms with Crippen molar-refractivity contribution in [2.75, 3.05) is 29.6 Å². The summed E-state index contributed by atoms with van der Waals surface area (Å²) in [6.07, 6.45) is -0.923. The summed E-state index contributed by atoms with van der Waals surface area (Å²) in [4.78, 5) is 46.3. The molecule has 0 unspecified atom stereocenters. The van der Waals surface area contributed by atoms with E-state index in [1.807, 2.05) is 67.6 Å². The van der Waals surface area contributed by atoms with Gasteiger partial charge in [-0.2, -0.15) is 0 Å². The van der Waals surface area contributed by atoms with Crippen molar-refractivity contribution in [3.63, 3.8) is 0 Å². The summed E-state index contributed by atoms with van der Waals surface area (Å²) >= 11 is 0. The van der Waals surface area contributed by atoms with E-state index in [1.54, 1.807) is 35.0 Å². The van der Waals surface area contributed by atoms with Gasteiger partial charge < -0.3 is 28.5 Å². The van der Waals surface area contributed by atoms with Crippen LogP contribution in [0.3, 0.4) is 0 Å². The first-order valence-corrected chi connectivity index (χ1v) is 19.3. The third kappa shape index (κ3) is 5.24. The average molecular weight is 658 g/mol. The Morgan fingerprint density at radius 2 is 1.77 bits per heavy atom. The van der Waals surface area contributed by atoms with Crippen molar-refractivity contribution in [2.45, 2.75) is 69.2 Å². The fourth-order valence-corrected chi connectivity index (χ4v) is 10.8. The number of anilines is 2. The van der Waals surface area contributed by atoms with Gasteiger partial charge in [-0.15, -0.1) is 0 Å². The molecule has 1 N–H and O–H groups in total. The second-order valence-corrected chi connectivity index (χ2v) is 17.4. The highest BCUT2D eigenvalue weighted by Crippen LogP contribution is 2.61. The van der Waals surface area contributed by atoms with Crippen molar-refractivity contribution in [2.24, 2.45) is 5.92 Å². The molecule has 3 aromatic carbocycles. The lowest BCUT2D eigenvalue weighted by atomic mass is 9.82. The van der Waals surface area contributed by atoms with Gasteiger partial charge in [0.1, 0.15) is 6.61 Å². The van der Waals surface area contributed by atoms with E-state index in [-0.39, 0.29) is 38.0 Å². The van der Waals surface area contributed by atoms with E-state index < -0.39 is 43.7 Å². The van der Waals surface area contributed by atoms with E-state index in [1.165, 1.54) is 4.90 Å². The third-order valence-electron chi connectivity index (χ3n) is 10.5. The Balaban J connectivity index is 1.28. The van der Waals surface area contributed by atoms with Gasteiger partial charge in [0.15, 0.2) is 5.60 Å². The minimum atomic E-state index is -3.54. The molecule has 0 radical (unpaired) electrons. The zero-order chi connectivity index (χ0) is 33.1. The van der Waals surface area contributed by atoms with E-state index >= 15 is 4.11 Å². The number of carbonyl (C=O) groups excluding carboxylic acids is 3. The number of halogens is 1. The first-order chi connectivity index (χ1) is 22.5. The van der Waals surface area contributed by atoms with Gasteiger partial charge in [-0.1, -0.05) is 61.5 Å². The number of nitrogens with zero attached hydrogens (tertiary/aromatic N) is 3. The molecular formula is C36H40FN3O6Si. The average Bonchev–Trinajstić information content (AvgIpc) is 3.69. The van der Waals surface area contributed by atoms with Crippen LogP contribution < -0.4 is 9.80 Å². The Bertz CT molecular complexity index is 1720. The quantitative estimate of drug-likeness (QED) is 0.274. The van der Waals surface area contributed by atoms with E-state index in [0.29, 0.717) is 36.4 Å². The molecule has 9 nitrogen and oxygen atoms in total. The number of rotatable bonds is 7. The molecule has 2 saturated heterocycles. The second kappa shape index (κ2) is 11.9. The van der Waals surface area contributed by atoms with Crippen molar-refractivity contribution in [3.05, 3.63) is 95.1 Å². The largest absolute Gasteiger partial charge is 0.447 e. The van der Waals surface area contributed by atoms with Gasteiger partial charge in [0.05, 0.1) is 44.0 Å². The van der Waals surface area contributed by atoms with Crippen LogP contribution >= 0.6 is 0 Å². The molecule has 0 aliphatic carbocycles. The fourth-order valence-electron chi connectivity index (χ4n) is 8.29. The number of cyclic esters (lactones) is 1. The van der Waals surface area contributed by atoms with Gasteiger partial charge in [0.25, 0.3) is 5.91 Å². The van der Waals surface area contributed by atoms with Gasteiger partial charge in [-0.05, 0) is 54.4 Å². The maximum Gasteiger partial charge on any atom is 0.414 e. The monoisotopic (exact) mass is 657 g/mol. The molecule has 0 bridgehead atoms. The molecule has 4 aliphatic heterocycles. The summed E-state index contributed by atoms with van der Waals surface area (Å²) in [5.74, 6) is -1.14. The molecule has 7 rings (SSSR count). The number of carbonyl (C=O) groups is 3. The molecule has 3 amide bonds. The summed E-state index contributed by atoms with van der Waals surface area (Å²) < 4.78 is 28.6. The van der Waals surface area contributed by atoms with E-state index in [4.69, 9.17) is 9.47 Å². The van der Waals surface area contributed by atoms with Gasteiger partial charge >= 0.3 is 6.09 Å². The Morgan fingerprint density at radius 3 is 2.45 bits per heavy atom. The van der Waals surface area contributed by atoms with Crippen LogP contribution in [-0.2, 0) is 44.2 Å². The molecule has 3 aromatic rings. The fraction of sp³-hybridized carbons (Fsp3) is 0.417. The summed E-state index contributed by atoms with van der Waals surface area (Å²) in [6, 6.07) is 22.5. The van der Waals surface area contributed by atoms with Crippen LogP contribution in [0.15, 0.2) is 72.8 Å². The standard InChI is InChI=1S/C36H40FN3O6Si/c1-23-33(47(2,3)37)31(19-32(42)39-21-26-12-8-7-11-25(26)17-28(39)22-41)46-36(23)29-18-27(38-15-16-45-35(38)44)13-14-30(29)40(34(36)43)20-24-9-5-4-6-10-24/h4-14,18,23,28,31,33,41H,15-17,19-22H2,1-3H3/t23-,28-,31+,33-,36+/m0/s1. The summed E-state index contributed by atoms with van der Waals surface area (Å²) in [6.45, 7) is 6.15. The summed E-state index contributed by atoms with van der Waals surface area (Å²) in [5, 5.41) is 10.3. The van der Waals surface area contributed by atoms with Gasteiger partial charge in [0.2, 0.25) is 14.3 Å². The van der Waals surface area contributed by atoms with Crippen molar-refractivity contribution in [3.8, 4) is 0 Å². The van der Waals surface area contributed by atoms with Crippen LogP contribution in [0.2, 0.25) is 18.6 Å². The number of aliphatic hydroxyl groups excluding tert-OH is 1. The smallest absolute Gasteiger partial charge is 0.414 e. The van der Waals surface area contributed by atoms with Crippen LogP contribution in [0.4, 0.5) is 20.3 Å². The lowest BCUT2D eigenvalue weighted by molar-refractivity contribution is -0.151. The van der Waals surface area contributed by atoms with Gasteiger partial charge in [-0.3, -0.25) is 14.5 Å². The minimum Gasteiger partial charge on any atom is -0.447 e. The highest BCUT2D eigenvalue weighted by atomic mass is 28.4.